The lowest BCUT2D eigenvalue weighted by Gasteiger charge is -2.13. The van der Waals surface area contributed by atoms with Crippen molar-refractivity contribution in [1.29, 1.82) is 0 Å². The smallest absolute Gasteiger partial charge is 0.319 e. The van der Waals surface area contributed by atoms with Crippen LogP contribution >= 0.6 is 0 Å². The van der Waals surface area contributed by atoms with E-state index < -0.39 is 17.8 Å². The van der Waals surface area contributed by atoms with E-state index in [9.17, 15) is 18.0 Å². The molecule has 3 aromatic heterocycles. The molecular formula is C29H21F3N6O. The lowest BCUT2D eigenvalue weighted by Crippen LogP contribution is -2.15. The van der Waals surface area contributed by atoms with Crippen molar-refractivity contribution in [2.24, 2.45) is 0 Å². The number of halogens is 3. The van der Waals surface area contributed by atoms with E-state index >= 15 is 0 Å². The maximum absolute atomic E-state index is 14.1. The lowest BCUT2D eigenvalue weighted by molar-refractivity contribution is -0.142. The van der Waals surface area contributed by atoms with Crippen molar-refractivity contribution in [3.8, 4) is 11.3 Å². The average molecular weight is 527 g/mol. The molecule has 0 radical (unpaired) electrons. The molecule has 6 rings (SSSR count). The lowest BCUT2D eigenvalue weighted by atomic mass is 10.0. The molecule has 0 saturated heterocycles. The zero-order valence-corrected chi connectivity index (χ0v) is 20.6. The number of anilines is 1. The number of carbonyl (C=O) groups excluding carboxylic acids is 1. The summed E-state index contributed by atoms with van der Waals surface area (Å²) in [5.74, 6) is -0.642. The van der Waals surface area contributed by atoms with Crippen LogP contribution < -0.4 is 5.32 Å². The quantitative estimate of drug-likeness (QED) is 0.283. The van der Waals surface area contributed by atoms with Gasteiger partial charge in [0.1, 0.15) is 5.56 Å². The van der Waals surface area contributed by atoms with Gasteiger partial charge in [-0.15, -0.1) is 0 Å². The Morgan fingerprint density at radius 3 is 2.54 bits per heavy atom. The highest BCUT2D eigenvalue weighted by Gasteiger charge is 2.36. The number of amides is 1. The van der Waals surface area contributed by atoms with Crippen molar-refractivity contribution in [1.82, 2.24) is 24.4 Å². The van der Waals surface area contributed by atoms with Crippen LogP contribution in [0.3, 0.4) is 0 Å². The molecular weight excluding hydrogens is 505 g/mol. The van der Waals surface area contributed by atoms with Gasteiger partial charge in [-0.1, -0.05) is 66.7 Å². The van der Waals surface area contributed by atoms with Crippen LogP contribution in [0.1, 0.15) is 27.2 Å². The van der Waals surface area contributed by atoms with E-state index in [4.69, 9.17) is 0 Å². The Bertz CT molecular complexity index is 1850. The Morgan fingerprint density at radius 1 is 0.949 bits per heavy atom. The first-order valence-corrected chi connectivity index (χ1v) is 12.1. The summed E-state index contributed by atoms with van der Waals surface area (Å²) in [6.07, 6.45) is -0.487. The molecule has 3 aromatic carbocycles. The largest absolute Gasteiger partial charge is 0.433 e. The number of fused-ring (bicyclic) bond motifs is 2. The first-order chi connectivity index (χ1) is 18.8. The summed E-state index contributed by atoms with van der Waals surface area (Å²) in [6, 6.07) is 21.5. The normalized spacial score (nSPS) is 11.8. The molecule has 0 saturated carbocycles. The standard InChI is InChI=1S/C29H21F3N6O/c1-18-7-2-3-9-20(18)16-37-17-21(14-33-37)35-28(39)24-15-34-38-26(29(30,31)32)13-25(36-27(24)38)23-12-6-10-19-8-4-5-11-22(19)23/h2-15,17H,16H2,1H3,(H,35,39). The summed E-state index contributed by atoms with van der Waals surface area (Å²) in [7, 11) is 0. The molecule has 10 heteroatoms. The third kappa shape index (κ3) is 4.61. The minimum absolute atomic E-state index is 0.0887. The van der Waals surface area contributed by atoms with Gasteiger partial charge >= 0.3 is 6.18 Å². The zero-order chi connectivity index (χ0) is 27.1. The van der Waals surface area contributed by atoms with Gasteiger partial charge in [0.15, 0.2) is 11.3 Å². The second-order valence-corrected chi connectivity index (χ2v) is 9.15. The fraction of sp³-hybridized carbons (Fsp3) is 0.103. The Morgan fingerprint density at radius 2 is 1.72 bits per heavy atom. The number of benzene rings is 3. The fourth-order valence-electron chi connectivity index (χ4n) is 4.59. The highest BCUT2D eigenvalue weighted by Crippen LogP contribution is 2.35. The third-order valence-corrected chi connectivity index (χ3v) is 6.56. The van der Waals surface area contributed by atoms with Gasteiger partial charge in [0.05, 0.1) is 30.3 Å². The summed E-state index contributed by atoms with van der Waals surface area (Å²) in [4.78, 5) is 17.7. The van der Waals surface area contributed by atoms with Gasteiger partial charge in [-0.2, -0.15) is 23.4 Å². The van der Waals surface area contributed by atoms with Crippen molar-refractivity contribution in [2.45, 2.75) is 19.6 Å². The predicted molar refractivity (Wildman–Crippen MR) is 141 cm³/mol. The molecule has 1 amide bonds. The number of rotatable bonds is 5. The van der Waals surface area contributed by atoms with E-state index in [0.29, 0.717) is 22.3 Å². The van der Waals surface area contributed by atoms with Gasteiger partial charge in [-0.25, -0.2) is 9.50 Å². The van der Waals surface area contributed by atoms with E-state index in [2.05, 4.69) is 20.5 Å². The van der Waals surface area contributed by atoms with Crippen molar-refractivity contribution < 1.29 is 18.0 Å². The number of alkyl halides is 3. The van der Waals surface area contributed by atoms with Crippen molar-refractivity contribution in [3.05, 3.63) is 114 Å². The first kappa shape index (κ1) is 24.4. The van der Waals surface area contributed by atoms with Crippen molar-refractivity contribution >= 4 is 28.0 Å². The Balaban J connectivity index is 1.38. The van der Waals surface area contributed by atoms with Gasteiger partial charge in [0.25, 0.3) is 5.91 Å². The van der Waals surface area contributed by atoms with Crippen molar-refractivity contribution in [3.63, 3.8) is 0 Å². The monoisotopic (exact) mass is 526 g/mol. The third-order valence-electron chi connectivity index (χ3n) is 6.56. The summed E-state index contributed by atoms with van der Waals surface area (Å²) >= 11 is 0. The topological polar surface area (TPSA) is 77.1 Å². The van der Waals surface area contributed by atoms with Crippen LogP contribution in [0.2, 0.25) is 0 Å². The fourth-order valence-corrected chi connectivity index (χ4v) is 4.59. The molecule has 0 aliphatic rings. The number of nitrogens with one attached hydrogen (secondary N) is 1. The molecule has 39 heavy (non-hydrogen) atoms. The number of hydrogen-bond acceptors (Lipinski definition) is 4. The van der Waals surface area contributed by atoms with Crippen LogP contribution in [0.4, 0.5) is 18.9 Å². The molecule has 0 aliphatic heterocycles. The van der Waals surface area contributed by atoms with E-state index in [0.717, 1.165) is 34.2 Å². The van der Waals surface area contributed by atoms with Gasteiger partial charge in [-0.3, -0.25) is 9.48 Å². The van der Waals surface area contributed by atoms with Gasteiger partial charge in [0.2, 0.25) is 0 Å². The Labute approximate surface area is 220 Å². The van der Waals surface area contributed by atoms with Crippen molar-refractivity contribution in [2.75, 3.05) is 5.32 Å². The second kappa shape index (κ2) is 9.39. The molecule has 7 nitrogen and oxygen atoms in total. The van der Waals surface area contributed by atoms with Gasteiger partial charge in [0, 0.05) is 11.8 Å². The molecule has 3 heterocycles. The van der Waals surface area contributed by atoms with Crippen LogP contribution in [0, 0.1) is 6.92 Å². The maximum atomic E-state index is 14.1. The van der Waals surface area contributed by atoms with E-state index in [1.54, 1.807) is 23.0 Å². The molecule has 0 bridgehead atoms. The van der Waals surface area contributed by atoms with E-state index in [-0.39, 0.29) is 16.9 Å². The molecule has 1 N–H and O–H groups in total. The molecule has 0 aliphatic carbocycles. The summed E-state index contributed by atoms with van der Waals surface area (Å²) in [5.41, 5.74) is 1.88. The van der Waals surface area contributed by atoms with E-state index in [1.807, 2.05) is 61.5 Å². The zero-order valence-electron chi connectivity index (χ0n) is 20.6. The highest BCUT2D eigenvalue weighted by molar-refractivity contribution is 6.08. The number of carbonyl (C=O) groups is 1. The highest BCUT2D eigenvalue weighted by atomic mass is 19.4. The Kier molecular flexibility index (Phi) is 5.86. The molecule has 0 fully saturated rings. The van der Waals surface area contributed by atoms with E-state index in [1.165, 1.54) is 6.20 Å². The number of hydrogen-bond donors (Lipinski definition) is 1. The number of nitrogens with zero attached hydrogens (tertiary/aromatic N) is 5. The van der Waals surface area contributed by atoms with Crippen LogP contribution in [0.25, 0.3) is 27.7 Å². The molecule has 0 unspecified atom stereocenters. The minimum atomic E-state index is -4.73. The molecule has 0 atom stereocenters. The average Bonchev–Trinajstić information content (AvgIpc) is 3.55. The summed E-state index contributed by atoms with van der Waals surface area (Å²) < 4.78 is 44.6. The Hall–Kier alpha value is -4.99. The van der Waals surface area contributed by atoms with Gasteiger partial charge in [-0.05, 0) is 34.9 Å². The van der Waals surface area contributed by atoms with Crippen LogP contribution in [-0.2, 0) is 12.7 Å². The predicted octanol–water partition coefficient (Wildman–Crippen LogP) is 6.37. The summed E-state index contributed by atoms with van der Waals surface area (Å²) in [6.45, 7) is 2.51. The van der Waals surface area contributed by atoms with Gasteiger partial charge < -0.3 is 5.32 Å². The first-order valence-electron chi connectivity index (χ1n) is 12.1. The number of aryl methyl sites for hydroxylation is 1. The maximum Gasteiger partial charge on any atom is 0.433 e. The molecule has 0 spiro atoms. The minimum Gasteiger partial charge on any atom is -0.319 e. The van der Waals surface area contributed by atoms with Crippen LogP contribution in [0.15, 0.2) is 91.4 Å². The van der Waals surface area contributed by atoms with Crippen LogP contribution in [-0.4, -0.2) is 30.3 Å². The molecule has 6 aromatic rings. The summed E-state index contributed by atoms with van der Waals surface area (Å²) in [5, 5.41) is 12.5. The molecule has 194 valence electrons. The number of aromatic nitrogens is 5. The van der Waals surface area contributed by atoms with Crippen LogP contribution in [0.5, 0.6) is 0 Å². The second-order valence-electron chi connectivity index (χ2n) is 9.15. The SMILES string of the molecule is Cc1ccccc1Cn1cc(NC(=O)c2cnn3c(C(F)(F)F)cc(-c4cccc5ccccc45)nc23)cn1.